The molecule has 0 saturated carbocycles. The fraction of sp³-hybridized carbons (Fsp3) is 0.0556. The number of aromatic nitrogens is 2. The Kier molecular flexibility index (Phi) is 2.64. The molecule has 0 fully saturated rings. The van der Waals surface area contributed by atoms with E-state index in [0.29, 0.717) is 6.54 Å². The lowest BCUT2D eigenvalue weighted by Crippen LogP contribution is -2.21. The molecule has 21 heavy (non-hydrogen) atoms. The summed E-state index contributed by atoms with van der Waals surface area (Å²) in [6, 6.07) is 20.0. The summed E-state index contributed by atoms with van der Waals surface area (Å²) in [5, 5.41) is 1.09. The van der Waals surface area contributed by atoms with Gasteiger partial charge < -0.3 is 8.97 Å². The molecule has 0 aliphatic heterocycles. The minimum atomic E-state index is 0.0394. The van der Waals surface area contributed by atoms with Crippen LogP contribution in [0.15, 0.2) is 77.9 Å². The largest absolute Gasteiger partial charge is 0.310 e. The summed E-state index contributed by atoms with van der Waals surface area (Å²) in [7, 11) is 0. The summed E-state index contributed by atoms with van der Waals surface area (Å²) in [5.41, 5.74) is 2.95. The lowest BCUT2D eigenvalue weighted by Gasteiger charge is -2.06. The van der Waals surface area contributed by atoms with Crippen LogP contribution in [0.4, 0.5) is 0 Å². The predicted molar refractivity (Wildman–Crippen MR) is 84.7 cm³/mol. The van der Waals surface area contributed by atoms with Crippen molar-refractivity contribution in [3.8, 4) is 0 Å². The summed E-state index contributed by atoms with van der Waals surface area (Å²) in [5.74, 6) is 0. The SMILES string of the molecule is O=c1c2cc3ccccc3n2ccn1Cc1ccccc1. The van der Waals surface area contributed by atoms with Crippen LogP contribution in [0.1, 0.15) is 5.56 Å². The van der Waals surface area contributed by atoms with Gasteiger partial charge >= 0.3 is 0 Å². The van der Waals surface area contributed by atoms with E-state index in [1.807, 2.05) is 77.5 Å². The molecule has 2 aromatic carbocycles. The summed E-state index contributed by atoms with van der Waals surface area (Å²) in [4.78, 5) is 12.6. The average Bonchev–Trinajstić information content (AvgIpc) is 2.91. The average molecular weight is 274 g/mol. The van der Waals surface area contributed by atoms with Gasteiger partial charge in [-0.3, -0.25) is 4.79 Å². The molecule has 4 rings (SSSR count). The van der Waals surface area contributed by atoms with E-state index in [-0.39, 0.29) is 5.56 Å². The van der Waals surface area contributed by atoms with E-state index in [9.17, 15) is 4.79 Å². The fourth-order valence-electron chi connectivity index (χ4n) is 2.77. The monoisotopic (exact) mass is 274 g/mol. The maximum absolute atomic E-state index is 12.6. The lowest BCUT2D eigenvalue weighted by molar-refractivity contribution is 0.755. The van der Waals surface area contributed by atoms with Gasteiger partial charge in [0, 0.05) is 17.8 Å². The van der Waals surface area contributed by atoms with E-state index in [2.05, 4.69) is 0 Å². The number of fused-ring (bicyclic) bond motifs is 3. The molecular weight excluding hydrogens is 260 g/mol. The van der Waals surface area contributed by atoms with Gasteiger partial charge in [0.05, 0.1) is 12.1 Å². The Morgan fingerprint density at radius 1 is 0.810 bits per heavy atom. The third-order valence-corrected chi connectivity index (χ3v) is 3.82. The maximum Gasteiger partial charge on any atom is 0.275 e. The highest BCUT2D eigenvalue weighted by atomic mass is 16.1. The van der Waals surface area contributed by atoms with Crippen LogP contribution in [0.25, 0.3) is 16.4 Å². The Hall–Kier alpha value is -2.81. The van der Waals surface area contributed by atoms with Crippen molar-refractivity contribution in [1.82, 2.24) is 8.97 Å². The summed E-state index contributed by atoms with van der Waals surface area (Å²) < 4.78 is 3.71. The molecule has 0 saturated heterocycles. The molecule has 3 nitrogen and oxygen atoms in total. The van der Waals surface area contributed by atoms with Crippen molar-refractivity contribution in [2.45, 2.75) is 6.54 Å². The van der Waals surface area contributed by atoms with Crippen molar-refractivity contribution < 1.29 is 0 Å². The Labute approximate surface area is 121 Å². The van der Waals surface area contributed by atoms with E-state index in [4.69, 9.17) is 0 Å². The highest BCUT2D eigenvalue weighted by molar-refractivity contribution is 5.86. The van der Waals surface area contributed by atoms with Gasteiger partial charge in [0.15, 0.2) is 0 Å². The molecule has 0 N–H and O–H groups in total. The molecule has 102 valence electrons. The molecule has 4 aromatic rings. The molecule has 0 unspecified atom stereocenters. The highest BCUT2D eigenvalue weighted by Gasteiger charge is 2.07. The fourth-order valence-corrected chi connectivity index (χ4v) is 2.77. The van der Waals surface area contributed by atoms with Crippen molar-refractivity contribution in [3.05, 3.63) is 89.0 Å². The molecule has 2 aromatic heterocycles. The highest BCUT2D eigenvalue weighted by Crippen LogP contribution is 2.17. The number of para-hydroxylation sites is 1. The van der Waals surface area contributed by atoms with E-state index >= 15 is 0 Å². The van der Waals surface area contributed by atoms with E-state index < -0.39 is 0 Å². The molecule has 0 aliphatic carbocycles. The normalized spacial score (nSPS) is 11.2. The second-order valence-corrected chi connectivity index (χ2v) is 5.18. The topological polar surface area (TPSA) is 26.4 Å². The molecule has 0 amide bonds. The Balaban J connectivity index is 1.90. The molecule has 2 heterocycles. The zero-order valence-electron chi connectivity index (χ0n) is 11.4. The van der Waals surface area contributed by atoms with Crippen LogP contribution < -0.4 is 5.56 Å². The van der Waals surface area contributed by atoms with Crippen molar-refractivity contribution >= 4 is 16.4 Å². The van der Waals surface area contributed by atoms with Crippen LogP contribution in [0.5, 0.6) is 0 Å². The number of nitrogens with zero attached hydrogens (tertiary/aromatic N) is 2. The second-order valence-electron chi connectivity index (χ2n) is 5.18. The van der Waals surface area contributed by atoms with Gasteiger partial charge in [0.25, 0.3) is 5.56 Å². The predicted octanol–water partition coefficient (Wildman–Crippen LogP) is 3.30. The van der Waals surface area contributed by atoms with Gasteiger partial charge in [-0.1, -0.05) is 48.5 Å². The molecule has 0 radical (unpaired) electrons. The van der Waals surface area contributed by atoms with Gasteiger partial charge in [0.1, 0.15) is 5.52 Å². The third kappa shape index (κ3) is 1.94. The van der Waals surface area contributed by atoms with Gasteiger partial charge in [-0.15, -0.1) is 0 Å². The Morgan fingerprint density at radius 2 is 1.57 bits per heavy atom. The zero-order chi connectivity index (χ0) is 14.2. The number of hydrogen-bond acceptors (Lipinski definition) is 1. The van der Waals surface area contributed by atoms with Crippen LogP contribution in [0.2, 0.25) is 0 Å². The van der Waals surface area contributed by atoms with Gasteiger partial charge in [0.2, 0.25) is 0 Å². The quantitative estimate of drug-likeness (QED) is 0.551. The minimum absolute atomic E-state index is 0.0394. The van der Waals surface area contributed by atoms with E-state index in [0.717, 1.165) is 22.0 Å². The first-order valence-corrected chi connectivity index (χ1v) is 6.96. The van der Waals surface area contributed by atoms with Crippen molar-refractivity contribution in [1.29, 1.82) is 0 Å². The molecule has 0 spiro atoms. The van der Waals surface area contributed by atoms with Crippen LogP contribution in [0, 0.1) is 0 Å². The third-order valence-electron chi connectivity index (χ3n) is 3.82. The molecule has 0 bridgehead atoms. The number of rotatable bonds is 2. The molecule has 0 atom stereocenters. The number of hydrogen-bond donors (Lipinski definition) is 0. The Morgan fingerprint density at radius 3 is 2.43 bits per heavy atom. The molecule has 3 heteroatoms. The van der Waals surface area contributed by atoms with Crippen LogP contribution >= 0.6 is 0 Å². The van der Waals surface area contributed by atoms with Gasteiger partial charge in [-0.25, -0.2) is 0 Å². The van der Waals surface area contributed by atoms with Gasteiger partial charge in [-0.05, 0) is 17.7 Å². The zero-order valence-corrected chi connectivity index (χ0v) is 11.4. The number of benzene rings is 2. The maximum atomic E-state index is 12.6. The second kappa shape index (κ2) is 4.63. The smallest absolute Gasteiger partial charge is 0.275 e. The summed E-state index contributed by atoms with van der Waals surface area (Å²) in [6.45, 7) is 0.595. The molecular formula is C18H14N2O. The lowest BCUT2D eigenvalue weighted by atomic mass is 10.2. The first-order valence-electron chi connectivity index (χ1n) is 6.96. The van der Waals surface area contributed by atoms with Crippen molar-refractivity contribution in [2.75, 3.05) is 0 Å². The molecule has 0 aliphatic rings. The van der Waals surface area contributed by atoms with E-state index in [1.54, 1.807) is 4.57 Å². The van der Waals surface area contributed by atoms with Crippen molar-refractivity contribution in [3.63, 3.8) is 0 Å². The first-order chi connectivity index (χ1) is 10.3. The van der Waals surface area contributed by atoms with Crippen LogP contribution in [-0.2, 0) is 6.54 Å². The first kappa shape index (κ1) is 12.0. The summed E-state index contributed by atoms with van der Waals surface area (Å²) in [6.07, 6.45) is 3.82. The minimum Gasteiger partial charge on any atom is -0.310 e. The van der Waals surface area contributed by atoms with Gasteiger partial charge in [-0.2, -0.15) is 0 Å². The van der Waals surface area contributed by atoms with Crippen LogP contribution in [0.3, 0.4) is 0 Å². The standard InChI is InChI=1S/C18H14N2O/c21-18-17-12-15-8-4-5-9-16(15)20(17)11-10-19(18)13-14-6-2-1-3-7-14/h1-12H,13H2. The van der Waals surface area contributed by atoms with E-state index in [1.165, 1.54) is 0 Å². The Bertz CT molecular complexity index is 980. The summed E-state index contributed by atoms with van der Waals surface area (Å²) >= 11 is 0. The van der Waals surface area contributed by atoms with Crippen molar-refractivity contribution in [2.24, 2.45) is 0 Å². The van der Waals surface area contributed by atoms with Crippen LogP contribution in [-0.4, -0.2) is 8.97 Å².